The monoisotopic (exact) mass is 207 g/mol. The molecule has 5 nitrogen and oxygen atoms in total. The van der Waals surface area contributed by atoms with E-state index in [1.54, 1.807) is 23.4 Å². The number of likely N-dealkylation sites (tertiary alicyclic amines) is 1. The second-order valence-corrected chi connectivity index (χ2v) is 3.49. The van der Waals surface area contributed by atoms with Crippen LogP contribution in [0.4, 0.5) is 0 Å². The standard InChI is InChI=1S/C10H13N3O2/c14-8-13-6-2-9(3-7-13)15-10-11-4-1-5-12-10/h1,4-5,8-9H,2-3,6-7H2. The molecule has 1 saturated heterocycles. The number of aromatic nitrogens is 2. The minimum atomic E-state index is 0.128. The lowest BCUT2D eigenvalue weighted by atomic mass is 10.1. The predicted octanol–water partition coefficient (Wildman–Crippen LogP) is 0.476. The van der Waals surface area contributed by atoms with Gasteiger partial charge in [0.2, 0.25) is 6.41 Å². The molecule has 0 atom stereocenters. The first-order valence-corrected chi connectivity index (χ1v) is 5.01. The van der Waals surface area contributed by atoms with Gasteiger partial charge in [-0.05, 0) is 6.07 Å². The van der Waals surface area contributed by atoms with Gasteiger partial charge in [-0.3, -0.25) is 4.79 Å². The van der Waals surface area contributed by atoms with Crippen LogP contribution in [0.5, 0.6) is 6.01 Å². The van der Waals surface area contributed by atoms with Crippen LogP contribution in [0.1, 0.15) is 12.8 Å². The highest BCUT2D eigenvalue weighted by Gasteiger charge is 2.19. The molecule has 0 N–H and O–H groups in total. The van der Waals surface area contributed by atoms with Crippen molar-refractivity contribution in [2.75, 3.05) is 13.1 Å². The lowest BCUT2D eigenvalue weighted by Crippen LogP contribution is -2.37. The lowest BCUT2D eigenvalue weighted by Gasteiger charge is -2.28. The minimum absolute atomic E-state index is 0.128. The normalized spacial score (nSPS) is 17.5. The van der Waals surface area contributed by atoms with Crippen LogP contribution in [0, 0.1) is 0 Å². The van der Waals surface area contributed by atoms with Crippen LogP contribution in [0.2, 0.25) is 0 Å². The fourth-order valence-corrected chi connectivity index (χ4v) is 1.59. The Bertz CT molecular complexity index is 310. The van der Waals surface area contributed by atoms with Crippen molar-refractivity contribution < 1.29 is 9.53 Å². The summed E-state index contributed by atoms with van der Waals surface area (Å²) < 4.78 is 5.58. The molecule has 0 spiro atoms. The van der Waals surface area contributed by atoms with Crippen LogP contribution >= 0.6 is 0 Å². The Kier molecular flexibility index (Phi) is 3.11. The van der Waals surface area contributed by atoms with E-state index in [1.807, 2.05) is 0 Å². The molecule has 0 unspecified atom stereocenters. The number of rotatable bonds is 3. The second kappa shape index (κ2) is 4.72. The molecule has 1 aliphatic heterocycles. The number of carbonyl (C=O) groups excluding carboxylic acids is 1. The summed E-state index contributed by atoms with van der Waals surface area (Å²) in [4.78, 5) is 20.2. The number of carbonyl (C=O) groups is 1. The molecule has 2 heterocycles. The summed E-state index contributed by atoms with van der Waals surface area (Å²) in [7, 11) is 0. The van der Waals surface area contributed by atoms with Gasteiger partial charge in [-0.1, -0.05) is 0 Å². The van der Waals surface area contributed by atoms with Gasteiger partial charge in [0, 0.05) is 38.3 Å². The lowest BCUT2D eigenvalue weighted by molar-refractivity contribution is -0.119. The van der Waals surface area contributed by atoms with Crippen molar-refractivity contribution >= 4 is 6.41 Å². The maximum absolute atomic E-state index is 10.5. The average molecular weight is 207 g/mol. The molecule has 0 saturated carbocycles. The summed E-state index contributed by atoms with van der Waals surface area (Å²) in [6.45, 7) is 1.50. The van der Waals surface area contributed by atoms with Gasteiger partial charge in [-0.15, -0.1) is 0 Å². The maximum Gasteiger partial charge on any atom is 0.316 e. The summed E-state index contributed by atoms with van der Waals surface area (Å²) >= 11 is 0. The summed E-state index contributed by atoms with van der Waals surface area (Å²) in [5.41, 5.74) is 0. The first kappa shape index (κ1) is 9.89. The number of hydrogen-bond donors (Lipinski definition) is 0. The molecular formula is C10H13N3O2. The molecule has 1 aliphatic rings. The molecule has 5 heteroatoms. The van der Waals surface area contributed by atoms with E-state index in [-0.39, 0.29) is 6.10 Å². The minimum Gasteiger partial charge on any atom is -0.460 e. The first-order valence-electron chi connectivity index (χ1n) is 5.01. The third-order valence-electron chi connectivity index (χ3n) is 2.44. The van der Waals surface area contributed by atoms with Crippen molar-refractivity contribution in [1.82, 2.24) is 14.9 Å². The van der Waals surface area contributed by atoms with Crippen LogP contribution < -0.4 is 4.74 Å². The molecule has 1 aromatic heterocycles. The highest BCUT2D eigenvalue weighted by molar-refractivity contribution is 5.47. The Morgan fingerprint density at radius 2 is 2.00 bits per heavy atom. The second-order valence-electron chi connectivity index (χ2n) is 3.49. The zero-order valence-corrected chi connectivity index (χ0v) is 8.37. The van der Waals surface area contributed by atoms with Crippen LogP contribution in [0.3, 0.4) is 0 Å². The number of amides is 1. The van der Waals surface area contributed by atoms with Gasteiger partial charge in [0.1, 0.15) is 6.10 Å². The Labute approximate surface area is 88.1 Å². The summed E-state index contributed by atoms with van der Waals surface area (Å²) in [5.74, 6) is 0. The average Bonchev–Trinajstić information content (AvgIpc) is 2.31. The fourth-order valence-electron chi connectivity index (χ4n) is 1.59. The highest BCUT2D eigenvalue weighted by atomic mass is 16.5. The largest absolute Gasteiger partial charge is 0.460 e. The van der Waals surface area contributed by atoms with E-state index in [0.29, 0.717) is 6.01 Å². The van der Waals surface area contributed by atoms with Crippen LogP contribution in [-0.2, 0) is 4.79 Å². The van der Waals surface area contributed by atoms with Gasteiger partial charge in [-0.25, -0.2) is 9.97 Å². The van der Waals surface area contributed by atoms with Crippen molar-refractivity contribution in [1.29, 1.82) is 0 Å². The molecule has 80 valence electrons. The van der Waals surface area contributed by atoms with E-state index in [2.05, 4.69) is 9.97 Å². The predicted molar refractivity (Wildman–Crippen MR) is 53.3 cm³/mol. The number of hydrogen-bond acceptors (Lipinski definition) is 4. The smallest absolute Gasteiger partial charge is 0.316 e. The van der Waals surface area contributed by atoms with Gasteiger partial charge in [-0.2, -0.15) is 0 Å². The molecule has 0 aliphatic carbocycles. The number of nitrogens with zero attached hydrogens (tertiary/aromatic N) is 3. The molecule has 1 amide bonds. The Morgan fingerprint density at radius 1 is 1.33 bits per heavy atom. The van der Waals surface area contributed by atoms with E-state index >= 15 is 0 Å². The Balaban J connectivity index is 1.85. The number of ether oxygens (including phenoxy) is 1. The topological polar surface area (TPSA) is 55.3 Å². The zero-order chi connectivity index (χ0) is 10.5. The van der Waals surface area contributed by atoms with E-state index in [1.165, 1.54) is 0 Å². The van der Waals surface area contributed by atoms with Gasteiger partial charge in [0.05, 0.1) is 0 Å². The number of piperidine rings is 1. The van der Waals surface area contributed by atoms with Crippen molar-refractivity contribution in [3.8, 4) is 6.01 Å². The molecule has 2 rings (SSSR count). The van der Waals surface area contributed by atoms with E-state index < -0.39 is 0 Å². The third-order valence-corrected chi connectivity index (χ3v) is 2.44. The summed E-state index contributed by atoms with van der Waals surface area (Å²) in [6.07, 6.45) is 6.01. The van der Waals surface area contributed by atoms with Crippen molar-refractivity contribution in [2.24, 2.45) is 0 Å². The van der Waals surface area contributed by atoms with E-state index in [4.69, 9.17) is 4.74 Å². The Hall–Kier alpha value is -1.65. The molecule has 0 radical (unpaired) electrons. The summed E-state index contributed by atoms with van der Waals surface area (Å²) in [6, 6.07) is 2.17. The van der Waals surface area contributed by atoms with Crippen molar-refractivity contribution in [3.05, 3.63) is 18.5 Å². The van der Waals surface area contributed by atoms with Gasteiger partial charge < -0.3 is 9.64 Å². The van der Waals surface area contributed by atoms with E-state index in [0.717, 1.165) is 32.3 Å². The van der Waals surface area contributed by atoms with Gasteiger partial charge in [0.15, 0.2) is 0 Å². The quantitative estimate of drug-likeness (QED) is 0.676. The van der Waals surface area contributed by atoms with E-state index in [9.17, 15) is 4.79 Å². The maximum atomic E-state index is 10.5. The Morgan fingerprint density at radius 3 is 2.60 bits per heavy atom. The van der Waals surface area contributed by atoms with Crippen LogP contribution in [-0.4, -0.2) is 40.5 Å². The zero-order valence-electron chi connectivity index (χ0n) is 8.37. The molecule has 15 heavy (non-hydrogen) atoms. The highest BCUT2D eigenvalue weighted by Crippen LogP contribution is 2.13. The van der Waals surface area contributed by atoms with Crippen molar-refractivity contribution in [2.45, 2.75) is 18.9 Å². The molecule has 0 bridgehead atoms. The fraction of sp³-hybridized carbons (Fsp3) is 0.500. The van der Waals surface area contributed by atoms with Crippen LogP contribution in [0.15, 0.2) is 18.5 Å². The van der Waals surface area contributed by atoms with Crippen LogP contribution in [0.25, 0.3) is 0 Å². The third kappa shape index (κ3) is 2.65. The molecular weight excluding hydrogens is 194 g/mol. The molecule has 0 aromatic carbocycles. The SMILES string of the molecule is O=CN1CCC(Oc2ncccn2)CC1. The van der Waals surface area contributed by atoms with Gasteiger partial charge >= 0.3 is 6.01 Å². The van der Waals surface area contributed by atoms with Crippen molar-refractivity contribution in [3.63, 3.8) is 0 Å². The molecule has 1 aromatic rings. The summed E-state index contributed by atoms with van der Waals surface area (Å²) in [5, 5.41) is 0. The first-order chi connectivity index (χ1) is 7.38. The van der Waals surface area contributed by atoms with Gasteiger partial charge in [0.25, 0.3) is 0 Å². The molecule has 1 fully saturated rings.